The molecule has 4 amide bonds. The third-order valence-electron chi connectivity index (χ3n) is 4.45. The second kappa shape index (κ2) is 7.48. The molecule has 1 aliphatic rings. The number of hydrogen-bond donors (Lipinski definition) is 1. The summed E-state index contributed by atoms with van der Waals surface area (Å²) in [4.78, 5) is 38.1. The highest BCUT2D eigenvalue weighted by atomic mass is 16.5. The van der Waals surface area contributed by atoms with Crippen LogP contribution in [0.2, 0.25) is 0 Å². The van der Waals surface area contributed by atoms with E-state index in [0.717, 1.165) is 16.2 Å². The molecule has 0 radical (unpaired) electrons. The second-order valence-electron chi connectivity index (χ2n) is 6.20. The number of hydrogen-bond acceptors (Lipinski definition) is 6. The van der Waals surface area contributed by atoms with Gasteiger partial charge in [0.1, 0.15) is 17.5 Å². The van der Waals surface area contributed by atoms with Crippen molar-refractivity contribution < 1.29 is 23.6 Å². The highest BCUT2D eigenvalue weighted by Crippen LogP contribution is 2.23. The second-order valence-corrected chi connectivity index (χ2v) is 6.20. The largest absolute Gasteiger partial charge is 0.497 e. The summed E-state index contributed by atoms with van der Waals surface area (Å²) in [5, 5.41) is 6.62. The summed E-state index contributed by atoms with van der Waals surface area (Å²) in [7, 11) is 4.49. The molecule has 2 aromatic rings. The van der Waals surface area contributed by atoms with E-state index in [2.05, 4.69) is 10.5 Å². The first-order valence-corrected chi connectivity index (χ1v) is 8.31. The molecule has 1 unspecified atom stereocenters. The summed E-state index contributed by atoms with van der Waals surface area (Å²) in [6.45, 7) is 0.160. The van der Waals surface area contributed by atoms with E-state index in [1.54, 1.807) is 13.2 Å². The summed E-state index contributed by atoms with van der Waals surface area (Å²) >= 11 is 0. The lowest BCUT2D eigenvalue weighted by atomic mass is 10.1. The van der Waals surface area contributed by atoms with Crippen LogP contribution in [0.4, 0.5) is 4.79 Å². The number of amides is 4. The van der Waals surface area contributed by atoms with E-state index in [1.807, 2.05) is 24.3 Å². The Labute approximate surface area is 155 Å². The lowest BCUT2D eigenvalue weighted by Crippen LogP contribution is -2.37. The van der Waals surface area contributed by atoms with Gasteiger partial charge in [0.2, 0.25) is 5.91 Å². The van der Waals surface area contributed by atoms with Gasteiger partial charge in [-0.15, -0.1) is 0 Å². The fraction of sp³-hybridized carbons (Fsp3) is 0.333. The van der Waals surface area contributed by atoms with Crippen molar-refractivity contribution in [3.63, 3.8) is 0 Å². The number of nitrogens with one attached hydrogen (secondary N) is 1. The number of carbonyl (C=O) groups is 3. The number of nitrogens with zero attached hydrogens (tertiary/aromatic N) is 3. The zero-order chi connectivity index (χ0) is 19.6. The maximum Gasteiger partial charge on any atom is 0.326 e. The van der Waals surface area contributed by atoms with E-state index in [-0.39, 0.29) is 24.8 Å². The topological polar surface area (TPSA) is 105 Å². The number of ether oxygens (including phenoxy) is 1. The van der Waals surface area contributed by atoms with Crippen LogP contribution in [0, 0.1) is 0 Å². The maximum atomic E-state index is 12.1. The number of methoxy groups -OCH3 is 1. The summed E-state index contributed by atoms with van der Waals surface area (Å²) in [6, 6.07) is 7.84. The van der Waals surface area contributed by atoms with Crippen molar-refractivity contribution in [1.29, 1.82) is 0 Å². The standard InChI is InChI=1S/C18H20N4O5/c1-21-14(17(24)22(2)18(21)25)9-16(23)19-10-12-8-15(27-20-12)11-4-6-13(26-3)7-5-11/h4-8,14H,9-10H2,1-3H3,(H,19,23). The van der Waals surface area contributed by atoms with Crippen molar-refractivity contribution in [3.05, 3.63) is 36.0 Å². The van der Waals surface area contributed by atoms with Crippen LogP contribution in [0.3, 0.4) is 0 Å². The van der Waals surface area contributed by atoms with E-state index < -0.39 is 12.1 Å². The SMILES string of the molecule is COc1ccc(-c2cc(CNC(=O)CC3C(=O)N(C)C(=O)N3C)no2)cc1. The Hall–Kier alpha value is -3.36. The number of benzene rings is 1. The molecule has 0 bridgehead atoms. The number of rotatable bonds is 6. The molecule has 1 N–H and O–H groups in total. The molecule has 0 saturated carbocycles. The smallest absolute Gasteiger partial charge is 0.326 e. The van der Waals surface area contributed by atoms with Gasteiger partial charge in [0, 0.05) is 25.7 Å². The summed E-state index contributed by atoms with van der Waals surface area (Å²) in [5.41, 5.74) is 1.38. The Morgan fingerprint density at radius 2 is 1.96 bits per heavy atom. The molecule has 0 spiro atoms. The highest BCUT2D eigenvalue weighted by Gasteiger charge is 2.41. The molecule has 142 valence electrons. The van der Waals surface area contributed by atoms with Crippen LogP contribution in [0.5, 0.6) is 5.75 Å². The Balaban J connectivity index is 1.56. The van der Waals surface area contributed by atoms with E-state index >= 15 is 0 Å². The minimum atomic E-state index is -0.783. The molecule has 1 saturated heterocycles. The van der Waals surface area contributed by atoms with Gasteiger partial charge < -0.3 is 19.5 Å². The molecule has 3 rings (SSSR count). The molecule has 1 fully saturated rings. The number of aromatic nitrogens is 1. The van der Waals surface area contributed by atoms with Crippen LogP contribution < -0.4 is 10.1 Å². The lowest BCUT2D eigenvalue weighted by molar-refractivity contribution is -0.131. The summed E-state index contributed by atoms with van der Waals surface area (Å²) in [5.74, 6) is 0.569. The number of likely N-dealkylation sites (N-methyl/N-ethyl adjacent to an activating group) is 2. The van der Waals surface area contributed by atoms with Crippen molar-refractivity contribution in [2.75, 3.05) is 21.2 Å². The third kappa shape index (κ3) is 3.76. The molecule has 27 heavy (non-hydrogen) atoms. The Morgan fingerprint density at radius 1 is 1.26 bits per heavy atom. The molecule has 9 nitrogen and oxygen atoms in total. The molecule has 0 aliphatic carbocycles. The van der Waals surface area contributed by atoms with E-state index in [4.69, 9.17) is 9.26 Å². The predicted molar refractivity (Wildman–Crippen MR) is 94.7 cm³/mol. The van der Waals surface area contributed by atoms with Gasteiger partial charge in [0.25, 0.3) is 5.91 Å². The monoisotopic (exact) mass is 372 g/mol. The molecule has 2 heterocycles. The van der Waals surface area contributed by atoms with Crippen molar-refractivity contribution in [1.82, 2.24) is 20.3 Å². The normalized spacial score (nSPS) is 16.8. The average molecular weight is 372 g/mol. The molecule has 1 aliphatic heterocycles. The first-order valence-electron chi connectivity index (χ1n) is 8.31. The number of urea groups is 1. The van der Waals surface area contributed by atoms with Crippen LogP contribution in [0.25, 0.3) is 11.3 Å². The molecular weight excluding hydrogens is 352 g/mol. The maximum absolute atomic E-state index is 12.1. The highest BCUT2D eigenvalue weighted by molar-refractivity contribution is 6.05. The van der Waals surface area contributed by atoms with Crippen molar-refractivity contribution in [2.45, 2.75) is 19.0 Å². The predicted octanol–water partition coefficient (Wildman–Crippen LogP) is 1.25. The molecule has 9 heteroatoms. The van der Waals surface area contributed by atoms with Gasteiger partial charge in [-0.05, 0) is 24.3 Å². The minimum Gasteiger partial charge on any atom is -0.497 e. The van der Waals surface area contributed by atoms with Crippen LogP contribution in [-0.2, 0) is 16.1 Å². The number of carbonyl (C=O) groups excluding carboxylic acids is 3. The molecule has 1 atom stereocenters. The lowest BCUT2D eigenvalue weighted by Gasteiger charge is -2.15. The molecule has 1 aromatic carbocycles. The summed E-state index contributed by atoms with van der Waals surface area (Å²) < 4.78 is 10.4. The van der Waals surface area contributed by atoms with Gasteiger partial charge in [-0.1, -0.05) is 5.16 Å². The first kappa shape index (κ1) is 18.4. The fourth-order valence-electron chi connectivity index (χ4n) is 2.80. The minimum absolute atomic E-state index is 0.103. The fourth-order valence-corrected chi connectivity index (χ4v) is 2.80. The van der Waals surface area contributed by atoms with Gasteiger partial charge in [-0.25, -0.2) is 4.79 Å². The molecule has 1 aromatic heterocycles. The van der Waals surface area contributed by atoms with Crippen LogP contribution >= 0.6 is 0 Å². The first-order chi connectivity index (χ1) is 12.9. The zero-order valence-electron chi connectivity index (χ0n) is 15.3. The van der Waals surface area contributed by atoms with Crippen LogP contribution in [0.15, 0.2) is 34.9 Å². The van der Waals surface area contributed by atoms with Gasteiger partial charge in [-0.2, -0.15) is 0 Å². The summed E-state index contributed by atoms with van der Waals surface area (Å²) in [6.07, 6.45) is -0.103. The van der Waals surface area contributed by atoms with Gasteiger partial charge >= 0.3 is 6.03 Å². The van der Waals surface area contributed by atoms with Gasteiger partial charge in [0.15, 0.2) is 5.76 Å². The third-order valence-corrected chi connectivity index (χ3v) is 4.45. The Morgan fingerprint density at radius 3 is 2.56 bits per heavy atom. The number of imide groups is 1. The Kier molecular flexibility index (Phi) is 5.11. The zero-order valence-corrected chi connectivity index (χ0v) is 15.3. The Bertz CT molecular complexity index is 861. The average Bonchev–Trinajstić information content (AvgIpc) is 3.23. The van der Waals surface area contributed by atoms with E-state index in [1.165, 1.54) is 19.0 Å². The van der Waals surface area contributed by atoms with Gasteiger partial charge in [-0.3, -0.25) is 14.5 Å². The van der Waals surface area contributed by atoms with E-state index in [9.17, 15) is 14.4 Å². The van der Waals surface area contributed by atoms with E-state index in [0.29, 0.717) is 11.5 Å². The van der Waals surface area contributed by atoms with Crippen molar-refractivity contribution in [3.8, 4) is 17.1 Å². The van der Waals surface area contributed by atoms with Crippen LogP contribution in [-0.4, -0.2) is 60.0 Å². The molecular formula is C18H20N4O5. The van der Waals surface area contributed by atoms with Crippen LogP contribution in [0.1, 0.15) is 12.1 Å². The quantitative estimate of drug-likeness (QED) is 0.765. The van der Waals surface area contributed by atoms with Crippen molar-refractivity contribution in [2.24, 2.45) is 0 Å². The van der Waals surface area contributed by atoms with Crippen molar-refractivity contribution >= 4 is 17.8 Å². The van der Waals surface area contributed by atoms with Gasteiger partial charge in [0.05, 0.1) is 20.1 Å².